The first-order chi connectivity index (χ1) is 15.2. The number of carbonyl (C=O) groups excluding carboxylic acids is 2. The average molecular weight is 453 g/mol. The number of aliphatic hydroxyl groups is 1. The van der Waals surface area contributed by atoms with Crippen LogP contribution in [0.15, 0.2) is 4.79 Å². The Kier molecular flexibility index (Phi) is 8.90. The van der Waals surface area contributed by atoms with E-state index < -0.39 is 5.41 Å². The van der Waals surface area contributed by atoms with E-state index in [0.717, 1.165) is 11.3 Å². The topological polar surface area (TPSA) is 153 Å². The Bertz CT molecular complexity index is 861. The predicted octanol–water partition coefficient (Wildman–Crippen LogP) is -0.664. The van der Waals surface area contributed by atoms with Crippen LogP contribution in [0.5, 0.6) is 0 Å². The minimum atomic E-state index is -0.455. The number of carbonyl (C=O) groups is 3. The zero-order valence-electron chi connectivity index (χ0n) is 18.8. The van der Waals surface area contributed by atoms with Crippen molar-refractivity contribution in [1.82, 2.24) is 19.8 Å². The van der Waals surface area contributed by atoms with E-state index in [1.165, 1.54) is 0 Å². The summed E-state index contributed by atoms with van der Waals surface area (Å²) in [5.74, 6) is 0.0214. The summed E-state index contributed by atoms with van der Waals surface area (Å²) in [6.07, 6.45) is 0.823. The maximum absolute atomic E-state index is 12.8. The number of hydrogen-bond acceptors (Lipinski definition) is 7. The first-order valence-electron chi connectivity index (χ1n) is 10.6. The number of hydrogen-bond donors (Lipinski definition) is 3. The molecule has 2 aliphatic rings. The molecule has 0 radical (unpaired) electrons. The van der Waals surface area contributed by atoms with E-state index in [-0.39, 0.29) is 43.1 Å². The zero-order chi connectivity index (χ0) is 23.9. The van der Waals surface area contributed by atoms with Crippen molar-refractivity contribution < 1.29 is 29.3 Å². The van der Waals surface area contributed by atoms with E-state index in [9.17, 15) is 19.5 Å². The number of carboxylic acid groups (broad SMARTS) is 1. The van der Waals surface area contributed by atoms with Gasteiger partial charge in [0.05, 0.1) is 6.61 Å². The van der Waals surface area contributed by atoms with Gasteiger partial charge in [-0.05, 0) is 32.8 Å². The first kappa shape index (κ1) is 25.5. The molecule has 0 aromatic carbocycles. The van der Waals surface area contributed by atoms with E-state index in [4.69, 9.17) is 14.6 Å². The second-order valence-corrected chi connectivity index (χ2v) is 8.24. The third-order valence-electron chi connectivity index (χ3n) is 6.25. The van der Waals surface area contributed by atoms with Gasteiger partial charge in [-0.25, -0.2) is 4.79 Å². The molecule has 3 rings (SSSR count). The molecule has 1 aromatic rings. The molecule has 2 atom stereocenters. The van der Waals surface area contributed by atoms with E-state index in [0.29, 0.717) is 51.3 Å². The molecule has 11 heteroatoms. The molecule has 0 saturated carbocycles. The van der Waals surface area contributed by atoms with Crippen LogP contribution in [0.4, 0.5) is 0 Å². The molecule has 3 N–H and O–H groups in total. The van der Waals surface area contributed by atoms with Crippen molar-refractivity contribution in [2.24, 2.45) is 11.3 Å². The first-order valence-corrected chi connectivity index (χ1v) is 10.6. The van der Waals surface area contributed by atoms with E-state index in [1.807, 2.05) is 13.8 Å². The van der Waals surface area contributed by atoms with Crippen molar-refractivity contribution in [3.05, 3.63) is 27.4 Å². The van der Waals surface area contributed by atoms with Gasteiger partial charge in [0.15, 0.2) is 0 Å². The van der Waals surface area contributed by atoms with Crippen LogP contribution in [0.2, 0.25) is 0 Å². The largest absolute Gasteiger partial charge is 0.483 e. The summed E-state index contributed by atoms with van der Waals surface area (Å²) in [7, 11) is 0. The molecule has 2 amide bonds. The summed E-state index contributed by atoms with van der Waals surface area (Å²) < 4.78 is 5.21. The van der Waals surface area contributed by atoms with Gasteiger partial charge in [0.2, 0.25) is 11.8 Å². The quantitative estimate of drug-likeness (QED) is 0.461. The normalized spacial score (nSPS) is 21.7. The number of aromatic nitrogens is 2. The summed E-state index contributed by atoms with van der Waals surface area (Å²) in [6.45, 7) is 7.65. The molecular formula is C21H32N4O7. The molecule has 3 heterocycles. The minimum Gasteiger partial charge on any atom is -0.483 e. The lowest BCUT2D eigenvalue weighted by atomic mass is 9.82. The fourth-order valence-electron chi connectivity index (χ4n) is 4.58. The number of rotatable bonds is 7. The van der Waals surface area contributed by atoms with Crippen molar-refractivity contribution in [3.63, 3.8) is 0 Å². The summed E-state index contributed by atoms with van der Waals surface area (Å²) in [6, 6.07) is 0. The van der Waals surface area contributed by atoms with E-state index >= 15 is 0 Å². The van der Waals surface area contributed by atoms with Crippen LogP contribution in [0, 0.1) is 25.2 Å². The number of likely N-dealkylation sites (tertiary alicyclic amines) is 2. The molecule has 0 aliphatic carbocycles. The van der Waals surface area contributed by atoms with Gasteiger partial charge in [0, 0.05) is 61.9 Å². The van der Waals surface area contributed by atoms with E-state index in [2.05, 4.69) is 9.97 Å². The van der Waals surface area contributed by atoms with Gasteiger partial charge in [-0.1, -0.05) is 0 Å². The van der Waals surface area contributed by atoms with Crippen LogP contribution in [-0.4, -0.2) is 94.3 Å². The lowest BCUT2D eigenvalue weighted by Crippen LogP contribution is -2.41. The predicted molar refractivity (Wildman–Crippen MR) is 114 cm³/mol. The fraction of sp³-hybridized carbons (Fsp3) is 0.667. The van der Waals surface area contributed by atoms with Gasteiger partial charge in [-0.2, -0.15) is 4.98 Å². The monoisotopic (exact) mass is 452 g/mol. The number of aromatic amines is 1. The highest BCUT2D eigenvalue weighted by Gasteiger charge is 2.54. The number of fused-ring (bicyclic) bond motifs is 1. The Balaban J connectivity index is 0.00000114. The fourth-order valence-corrected chi connectivity index (χ4v) is 4.58. The molecule has 0 spiro atoms. The van der Waals surface area contributed by atoms with Crippen LogP contribution < -0.4 is 5.69 Å². The highest BCUT2D eigenvalue weighted by Crippen LogP contribution is 2.42. The van der Waals surface area contributed by atoms with Crippen molar-refractivity contribution in [3.8, 4) is 0 Å². The average Bonchev–Trinajstić information content (AvgIpc) is 3.26. The summed E-state index contributed by atoms with van der Waals surface area (Å²) in [4.78, 5) is 55.0. The Hall–Kier alpha value is -2.79. The molecule has 1 aromatic heterocycles. The standard InChI is InChI=1S/C20H30N4O5.CH2O2/c1-4-29-9-18(27)24-8-15-7-23(10-20(15,11-24)12-25)17(26)6-5-16-13(2)21-19(28)22-14(16)3;2-1-3/h15,25H,4-12H2,1-3H3,(H,21,22,28);1H,(H,2,3). The van der Waals surface area contributed by atoms with Crippen LogP contribution in [-0.2, 0) is 25.5 Å². The molecule has 2 unspecified atom stereocenters. The number of H-pyrrole nitrogens is 1. The lowest BCUT2D eigenvalue weighted by molar-refractivity contribution is -0.136. The van der Waals surface area contributed by atoms with Gasteiger partial charge in [-0.15, -0.1) is 0 Å². The number of nitrogens with one attached hydrogen (secondary N) is 1. The van der Waals surface area contributed by atoms with Crippen LogP contribution in [0.1, 0.15) is 30.3 Å². The Morgan fingerprint density at radius 1 is 1.25 bits per heavy atom. The van der Waals surface area contributed by atoms with Gasteiger partial charge in [0.1, 0.15) is 6.61 Å². The number of ether oxygens (including phenoxy) is 1. The van der Waals surface area contributed by atoms with Crippen molar-refractivity contribution in [2.75, 3.05) is 46.0 Å². The van der Waals surface area contributed by atoms with Crippen molar-refractivity contribution in [1.29, 1.82) is 0 Å². The molecule has 32 heavy (non-hydrogen) atoms. The Morgan fingerprint density at radius 3 is 2.34 bits per heavy atom. The van der Waals surface area contributed by atoms with Crippen LogP contribution >= 0.6 is 0 Å². The van der Waals surface area contributed by atoms with E-state index in [1.54, 1.807) is 16.7 Å². The Morgan fingerprint density at radius 2 is 1.84 bits per heavy atom. The Labute approximate surface area is 186 Å². The second-order valence-electron chi connectivity index (χ2n) is 8.24. The van der Waals surface area contributed by atoms with Crippen molar-refractivity contribution >= 4 is 18.3 Å². The maximum Gasteiger partial charge on any atom is 0.345 e. The summed E-state index contributed by atoms with van der Waals surface area (Å²) in [5, 5.41) is 16.9. The molecule has 2 fully saturated rings. The van der Waals surface area contributed by atoms with Gasteiger partial charge >= 0.3 is 5.69 Å². The lowest BCUT2D eigenvalue weighted by Gasteiger charge is -2.27. The minimum absolute atomic E-state index is 0.0180. The zero-order valence-corrected chi connectivity index (χ0v) is 18.8. The highest BCUT2D eigenvalue weighted by atomic mass is 16.5. The molecule has 11 nitrogen and oxygen atoms in total. The molecule has 2 saturated heterocycles. The summed E-state index contributed by atoms with van der Waals surface area (Å²) >= 11 is 0. The number of aliphatic hydroxyl groups excluding tert-OH is 1. The SMILES string of the molecule is CCOCC(=O)N1CC2CN(C(=O)CCc3c(C)nc(=O)[nH]c3C)CC2(CO)C1.O=CO. The highest BCUT2D eigenvalue weighted by molar-refractivity contribution is 5.79. The van der Waals surface area contributed by atoms with Crippen LogP contribution in [0.3, 0.4) is 0 Å². The van der Waals surface area contributed by atoms with Crippen molar-refractivity contribution in [2.45, 2.75) is 33.6 Å². The smallest absolute Gasteiger partial charge is 0.345 e. The van der Waals surface area contributed by atoms with Gasteiger partial charge in [0.25, 0.3) is 6.47 Å². The molecule has 0 bridgehead atoms. The maximum atomic E-state index is 12.8. The third kappa shape index (κ3) is 5.71. The molecular weight excluding hydrogens is 420 g/mol. The third-order valence-corrected chi connectivity index (χ3v) is 6.25. The van der Waals surface area contributed by atoms with Crippen LogP contribution in [0.25, 0.3) is 0 Å². The number of aryl methyl sites for hydroxylation is 2. The number of nitrogens with zero attached hydrogens (tertiary/aromatic N) is 3. The molecule has 178 valence electrons. The second kappa shape index (κ2) is 11.2. The van der Waals surface area contributed by atoms with Gasteiger partial charge in [-0.3, -0.25) is 14.4 Å². The van der Waals surface area contributed by atoms with Gasteiger partial charge < -0.3 is 29.7 Å². The molecule has 2 aliphatic heterocycles. The number of amides is 2. The summed E-state index contributed by atoms with van der Waals surface area (Å²) in [5.41, 5.74) is 1.44.